The molecule has 0 aromatic heterocycles. The molecule has 0 radical (unpaired) electrons. The average molecular weight is 255 g/mol. The third kappa shape index (κ3) is 2.72. The fourth-order valence-corrected chi connectivity index (χ4v) is 3.39. The van der Waals surface area contributed by atoms with Gasteiger partial charge >= 0.3 is 0 Å². The zero-order chi connectivity index (χ0) is 13.2. The molecule has 4 heteroatoms. The highest BCUT2D eigenvalue weighted by Gasteiger charge is 2.43. The second-order valence-electron chi connectivity index (χ2n) is 6.20. The van der Waals surface area contributed by atoms with Gasteiger partial charge in [-0.2, -0.15) is 0 Å². The number of hydrogen-bond acceptors (Lipinski definition) is 4. The van der Waals surface area contributed by atoms with Gasteiger partial charge in [-0.3, -0.25) is 9.80 Å². The van der Waals surface area contributed by atoms with Crippen LogP contribution in [0.4, 0.5) is 0 Å². The van der Waals surface area contributed by atoms with Crippen molar-refractivity contribution in [3.63, 3.8) is 0 Å². The van der Waals surface area contributed by atoms with Gasteiger partial charge in [-0.15, -0.1) is 0 Å². The first kappa shape index (κ1) is 14.3. The lowest BCUT2D eigenvalue weighted by molar-refractivity contribution is 0.000191. The first-order valence-corrected chi connectivity index (χ1v) is 7.34. The van der Waals surface area contributed by atoms with E-state index >= 15 is 0 Å². The van der Waals surface area contributed by atoms with Gasteiger partial charge in [0, 0.05) is 50.5 Å². The molecular formula is C14H29N3O. The van der Waals surface area contributed by atoms with Crippen molar-refractivity contribution >= 4 is 0 Å². The van der Waals surface area contributed by atoms with Crippen molar-refractivity contribution in [3.8, 4) is 0 Å². The van der Waals surface area contributed by atoms with E-state index in [4.69, 9.17) is 10.5 Å². The molecule has 2 saturated heterocycles. The molecule has 2 aliphatic heterocycles. The molecule has 0 bridgehead atoms. The summed E-state index contributed by atoms with van der Waals surface area (Å²) in [6.07, 6.45) is 3.51. The predicted octanol–water partition coefficient (Wildman–Crippen LogP) is 0.909. The number of nitrogens with two attached hydrogens (primary N) is 1. The summed E-state index contributed by atoms with van der Waals surface area (Å²) in [5.74, 6) is 0. The van der Waals surface area contributed by atoms with E-state index in [9.17, 15) is 0 Å². The van der Waals surface area contributed by atoms with Crippen LogP contribution in [0.15, 0.2) is 0 Å². The number of hydrogen-bond donors (Lipinski definition) is 1. The van der Waals surface area contributed by atoms with Gasteiger partial charge in [0.2, 0.25) is 0 Å². The molecular weight excluding hydrogens is 226 g/mol. The SMILES string of the molecule is CC(C)N1CCC(CN)(N(C)C2CCOCC2)C1. The van der Waals surface area contributed by atoms with Crippen LogP contribution in [-0.4, -0.2) is 67.3 Å². The highest BCUT2D eigenvalue weighted by molar-refractivity contribution is 5.01. The Kier molecular flexibility index (Phi) is 4.64. The molecule has 4 nitrogen and oxygen atoms in total. The van der Waals surface area contributed by atoms with Crippen LogP contribution in [0.2, 0.25) is 0 Å². The average Bonchev–Trinajstić information content (AvgIpc) is 2.85. The van der Waals surface area contributed by atoms with Gasteiger partial charge in [0.15, 0.2) is 0 Å². The minimum absolute atomic E-state index is 0.187. The van der Waals surface area contributed by atoms with E-state index in [1.165, 1.54) is 13.0 Å². The molecule has 18 heavy (non-hydrogen) atoms. The van der Waals surface area contributed by atoms with Gasteiger partial charge in [-0.05, 0) is 40.2 Å². The monoisotopic (exact) mass is 255 g/mol. The summed E-state index contributed by atoms with van der Waals surface area (Å²) >= 11 is 0. The molecule has 0 saturated carbocycles. The van der Waals surface area contributed by atoms with E-state index in [2.05, 4.69) is 30.7 Å². The molecule has 0 aromatic carbocycles. The van der Waals surface area contributed by atoms with Gasteiger partial charge in [-0.25, -0.2) is 0 Å². The van der Waals surface area contributed by atoms with Gasteiger partial charge in [-0.1, -0.05) is 0 Å². The molecule has 0 aromatic rings. The third-order valence-corrected chi connectivity index (χ3v) is 4.96. The minimum atomic E-state index is 0.187. The molecule has 0 amide bonds. The van der Waals surface area contributed by atoms with Crippen LogP contribution in [0, 0.1) is 0 Å². The Morgan fingerprint density at radius 2 is 2.06 bits per heavy atom. The van der Waals surface area contributed by atoms with Crippen LogP contribution in [0.25, 0.3) is 0 Å². The van der Waals surface area contributed by atoms with Crippen molar-refractivity contribution in [2.24, 2.45) is 5.73 Å². The fraction of sp³-hybridized carbons (Fsp3) is 1.00. The smallest absolute Gasteiger partial charge is 0.0480 e. The highest BCUT2D eigenvalue weighted by atomic mass is 16.5. The number of ether oxygens (including phenoxy) is 1. The topological polar surface area (TPSA) is 41.7 Å². The van der Waals surface area contributed by atoms with Gasteiger partial charge < -0.3 is 10.5 Å². The van der Waals surface area contributed by atoms with E-state index in [0.717, 1.165) is 39.1 Å². The van der Waals surface area contributed by atoms with Crippen molar-refractivity contribution in [1.29, 1.82) is 0 Å². The van der Waals surface area contributed by atoms with E-state index in [-0.39, 0.29) is 5.54 Å². The first-order valence-electron chi connectivity index (χ1n) is 7.34. The van der Waals surface area contributed by atoms with E-state index in [1.807, 2.05) is 0 Å². The largest absolute Gasteiger partial charge is 0.381 e. The number of likely N-dealkylation sites (N-methyl/N-ethyl adjacent to an activating group) is 1. The molecule has 2 heterocycles. The Hall–Kier alpha value is -0.160. The molecule has 1 unspecified atom stereocenters. The Morgan fingerprint density at radius 3 is 2.56 bits per heavy atom. The summed E-state index contributed by atoms with van der Waals surface area (Å²) in [6.45, 7) is 9.44. The predicted molar refractivity (Wildman–Crippen MR) is 74.7 cm³/mol. The summed E-state index contributed by atoms with van der Waals surface area (Å²) in [5, 5.41) is 0. The van der Waals surface area contributed by atoms with E-state index in [0.29, 0.717) is 12.1 Å². The summed E-state index contributed by atoms with van der Waals surface area (Å²) in [6, 6.07) is 1.27. The zero-order valence-electron chi connectivity index (χ0n) is 12.2. The molecule has 106 valence electrons. The first-order chi connectivity index (χ1) is 8.59. The molecule has 2 N–H and O–H groups in total. The maximum atomic E-state index is 6.14. The normalized spacial score (nSPS) is 31.7. The standard InChI is InChI=1S/C14H29N3O/c1-12(2)17-7-6-14(10-15,11-17)16(3)13-4-8-18-9-5-13/h12-13H,4-11,15H2,1-3H3. The maximum Gasteiger partial charge on any atom is 0.0480 e. The lowest BCUT2D eigenvalue weighted by atomic mass is 9.92. The van der Waals surface area contributed by atoms with Crippen molar-refractivity contribution in [2.45, 2.75) is 50.7 Å². The summed E-state index contributed by atoms with van der Waals surface area (Å²) in [7, 11) is 2.27. The van der Waals surface area contributed by atoms with Crippen molar-refractivity contribution in [3.05, 3.63) is 0 Å². The summed E-state index contributed by atoms with van der Waals surface area (Å²) < 4.78 is 5.47. The van der Waals surface area contributed by atoms with Gasteiger partial charge in [0.1, 0.15) is 0 Å². The van der Waals surface area contributed by atoms with E-state index in [1.54, 1.807) is 0 Å². The van der Waals surface area contributed by atoms with Crippen LogP contribution in [0.1, 0.15) is 33.1 Å². The number of rotatable bonds is 4. The van der Waals surface area contributed by atoms with E-state index < -0.39 is 0 Å². The molecule has 2 aliphatic rings. The molecule has 2 fully saturated rings. The second-order valence-corrected chi connectivity index (χ2v) is 6.20. The molecule has 0 spiro atoms. The van der Waals surface area contributed by atoms with Crippen molar-refractivity contribution in [2.75, 3.05) is 39.9 Å². The van der Waals surface area contributed by atoms with Gasteiger partial charge in [0.05, 0.1) is 0 Å². The molecule has 1 atom stereocenters. The fourth-order valence-electron chi connectivity index (χ4n) is 3.39. The lowest BCUT2D eigenvalue weighted by Crippen LogP contribution is -2.58. The quantitative estimate of drug-likeness (QED) is 0.811. The summed E-state index contributed by atoms with van der Waals surface area (Å²) in [5.41, 5.74) is 6.33. The number of nitrogens with zero attached hydrogens (tertiary/aromatic N) is 2. The van der Waals surface area contributed by atoms with Crippen molar-refractivity contribution in [1.82, 2.24) is 9.80 Å². The van der Waals surface area contributed by atoms with Gasteiger partial charge in [0.25, 0.3) is 0 Å². The zero-order valence-corrected chi connectivity index (χ0v) is 12.2. The van der Waals surface area contributed by atoms with Crippen molar-refractivity contribution < 1.29 is 4.74 Å². The second kappa shape index (κ2) is 5.87. The maximum absolute atomic E-state index is 6.14. The molecule has 0 aliphatic carbocycles. The van der Waals surface area contributed by atoms with Crippen LogP contribution in [-0.2, 0) is 4.74 Å². The van der Waals surface area contributed by atoms with Crippen LogP contribution in [0.3, 0.4) is 0 Å². The Labute approximate surface area is 111 Å². The molecule has 2 rings (SSSR count). The van der Waals surface area contributed by atoms with Crippen LogP contribution >= 0.6 is 0 Å². The van der Waals surface area contributed by atoms with Crippen LogP contribution in [0.5, 0.6) is 0 Å². The Bertz CT molecular complexity index is 266. The Morgan fingerprint density at radius 1 is 1.39 bits per heavy atom. The number of likely N-dealkylation sites (tertiary alicyclic amines) is 1. The Balaban J connectivity index is 2.03. The summed E-state index contributed by atoms with van der Waals surface area (Å²) in [4.78, 5) is 5.13. The minimum Gasteiger partial charge on any atom is -0.381 e. The van der Waals surface area contributed by atoms with Crippen LogP contribution < -0.4 is 5.73 Å². The highest BCUT2D eigenvalue weighted by Crippen LogP contribution is 2.31. The lowest BCUT2D eigenvalue weighted by Gasteiger charge is -2.44. The third-order valence-electron chi connectivity index (χ3n) is 4.96.